The van der Waals surface area contributed by atoms with Crippen LogP contribution in [0.4, 0.5) is 26.3 Å². The Bertz CT molecular complexity index is 2390. The molecule has 0 saturated heterocycles. The highest BCUT2D eigenvalue weighted by molar-refractivity contribution is 6.44. The molecule has 13 heteroatoms. The van der Waals surface area contributed by atoms with Crippen molar-refractivity contribution in [2.24, 2.45) is 4.99 Å². The second-order valence-electron chi connectivity index (χ2n) is 17.3. The van der Waals surface area contributed by atoms with Crippen molar-refractivity contribution >= 4 is 24.6 Å². The summed E-state index contributed by atoms with van der Waals surface area (Å²) in [6, 6.07) is 31.7. The van der Waals surface area contributed by atoms with Crippen LogP contribution in [-0.2, 0) is 20.1 Å². The highest BCUT2D eigenvalue weighted by atomic mass is 19.3. The summed E-state index contributed by atoms with van der Waals surface area (Å²) >= 11 is 0. The summed E-state index contributed by atoms with van der Waals surface area (Å²) in [6.45, 7) is 5.50. The van der Waals surface area contributed by atoms with Crippen molar-refractivity contribution in [3.05, 3.63) is 143 Å². The smallest absolute Gasteiger partial charge is 0.497 e. The van der Waals surface area contributed by atoms with E-state index in [2.05, 4.69) is 53.7 Å². The van der Waals surface area contributed by atoms with Gasteiger partial charge in [0.25, 0.3) is 11.8 Å². The molecule has 326 valence electrons. The van der Waals surface area contributed by atoms with Gasteiger partial charge in [-0.1, -0.05) is 102 Å². The molecule has 0 unspecified atom stereocenters. The van der Waals surface area contributed by atoms with Gasteiger partial charge in [-0.15, -0.1) is 0 Å². The Labute approximate surface area is 360 Å². The topological polar surface area (TPSA) is 54.2 Å². The molecule has 0 bridgehead atoms. The van der Waals surface area contributed by atoms with Gasteiger partial charge in [0.1, 0.15) is 11.5 Å². The molecule has 6 nitrogen and oxygen atoms in total. The normalized spacial score (nSPS) is 14.3. The van der Waals surface area contributed by atoms with E-state index in [0.29, 0.717) is 45.2 Å². The number of hydrogen-bond acceptors (Lipinski definition) is 5. The monoisotopic (exact) mass is 856 g/mol. The second kappa shape index (κ2) is 18.4. The molecule has 6 rings (SSSR count). The van der Waals surface area contributed by atoms with Crippen LogP contribution in [0.5, 0.6) is 11.5 Å². The average Bonchev–Trinajstić information content (AvgIpc) is 3.85. The first-order valence-corrected chi connectivity index (χ1v) is 20.1. The van der Waals surface area contributed by atoms with E-state index in [-0.39, 0.29) is 22.2 Å². The Kier molecular flexibility index (Phi) is 13.7. The lowest BCUT2D eigenvalue weighted by molar-refractivity contribution is -0.0824. The van der Waals surface area contributed by atoms with E-state index in [1.54, 1.807) is 60.7 Å². The van der Waals surface area contributed by atoms with Gasteiger partial charge in [-0.25, -0.2) is 31.3 Å². The fourth-order valence-corrected chi connectivity index (χ4v) is 6.90. The Balaban J connectivity index is 1.66. The number of nitrogens with zero attached hydrogens (tertiary/aromatic N) is 2. The summed E-state index contributed by atoms with van der Waals surface area (Å²) in [7, 11) is 0.972. The van der Waals surface area contributed by atoms with Gasteiger partial charge < -0.3 is 23.3 Å². The highest BCUT2D eigenvalue weighted by Gasteiger charge is 2.40. The fourth-order valence-electron chi connectivity index (χ4n) is 6.90. The van der Waals surface area contributed by atoms with E-state index in [4.69, 9.17) is 23.8 Å². The minimum atomic E-state index is -4.00. The van der Waals surface area contributed by atoms with E-state index in [1.165, 1.54) is 18.7 Å². The average molecular weight is 857 g/mol. The van der Waals surface area contributed by atoms with Gasteiger partial charge in [-0.3, -0.25) is 0 Å². The molecular formula is C49H51BF6N2O4. The lowest BCUT2D eigenvalue weighted by Gasteiger charge is -2.24. The molecule has 62 heavy (non-hydrogen) atoms. The zero-order valence-corrected chi connectivity index (χ0v) is 36.2. The summed E-state index contributed by atoms with van der Waals surface area (Å²) in [5, 5.41) is 0. The van der Waals surface area contributed by atoms with Crippen LogP contribution in [0.1, 0.15) is 69.5 Å². The number of rotatable bonds is 16. The van der Waals surface area contributed by atoms with Gasteiger partial charge in [0.2, 0.25) is 0 Å². The van der Waals surface area contributed by atoms with Crippen LogP contribution in [0.25, 0.3) is 34.0 Å². The van der Waals surface area contributed by atoms with Gasteiger partial charge in [0, 0.05) is 28.1 Å². The Morgan fingerprint density at radius 2 is 1.03 bits per heavy atom. The number of hydrogen-bond donors (Lipinski definition) is 0. The standard InChI is InChI=1S/C49H51BF6N2O4/c1-46(2,3)36-17-9-32(10-18-36)40-25-42(34-11-19-37(20-12-34)47(4,5)6)57-43(40)27-45-41(33-13-21-38(59-7)22-14-33)26-44(35-15-23-39(60-8)24-16-35)58(45)50(61-30-48(53,54)28-51)62-31-49(55,56)29-52/h9-27H,28-31H2,1-8H3/b43-27-. The van der Waals surface area contributed by atoms with Gasteiger partial charge in [-0.05, 0) is 93.3 Å². The third-order valence-electron chi connectivity index (χ3n) is 10.5. The third-order valence-corrected chi connectivity index (χ3v) is 10.5. The van der Waals surface area contributed by atoms with Crippen LogP contribution in [0.3, 0.4) is 0 Å². The zero-order valence-electron chi connectivity index (χ0n) is 36.2. The van der Waals surface area contributed by atoms with Gasteiger partial charge in [0.05, 0.1) is 38.8 Å². The first-order chi connectivity index (χ1) is 29.3. The van der Waals surface area contributed by atoms with Crippen molar-refractivity contribution in [1.29, 1.82) is 0 Å². The van der Waals surface area contributed by atoms with E-state index >= 15 is 0 Å². The Morgan fingerprint density at radius 3 is 1.47 bits per heavy atom. The molecular weight excluding hydrogens is 805 g/mol. The largest absolute Gasteiger partial charge is 0.598 e. The van der Waals surface area contributed by atoms with Gasteiger partial charge in [0.15, 0.2) is 13.3 Å². The van der Waals surface area contributed by atoms with Crippen LogP contribution in [0.15, 0.2) is 120 Å². The van der Waals surface area contributed by atoms with Crippen LogP contribution < -0.4 is 9.47 Å². The molecule has 2 heterocycles. The van der Waals surface area contributed by atoms with Gasteiger partial charge in [-0.2, -0.15) is 0 Å². The second-order valence-corrected chi connectivity index (χ2v) is 17.3. The molecule has 0 amide bonds. The van der Waals surface area contributed by atoms with E-state index in [1.807, 2.05) is 42.5 Å². The number of benzene rings is 4. The molecule has 0 radical (unpaired) electrons. The van der Waals surface area contributed by atoms with Crippen LogP contribution in [0.2, 0.25) is 0 Å². The predicted octanol–water partition coefficient (Wildman–Crippen LogP) is 12.4. The summed E-state index contributed by atoms with van der Waals surface area (Å²) in [5.74, 6) is -6.94. The van der Waals surface area contributed by atoms with Gasteiger partial charge >= 0.3 is 7.25 Å². The van der Waals surface area contributed by atoms with Crippen molar-refractivity contribution < 1.29 is 45.1 Å². The van der Waals surface area contributed by atoms with Crippen LogP contribution in [-0.4, -0.2) is 70.1 Å². The van der Waals surface area contributed by atoms with E-state index < -0.39 is 45.7 Å². The minimum absolute atomic E-state index is 0.0925. The van der Waals surface area contributed by atoms with Crippen molar-refractivity contribution in [1.82, 2.24) is 4.48 Å². The molecule has 0 aliphatic carbocycles. The predicted molar refractivity (Wildman–Crippen MR) is 236 cm³/mol. The zero-order chi connectivity index (χ0) is 45.0. The van der Waals surface area contributed by atoms with E-state index in [0.717, 1.165) is 22.3 Å². The molecule has 0 atom stereocenters. The molecule has 0 fully saturated rings. The maximum atomic E-state index is 14.6. The minimum Gasteiger partial charge on any atom is -0.497 e. The molecule has 1 aliphatic rings. The fraction of sp³-hybridized carbons (Fsp3) is 0.327. The molecule has 4 aromatic carbocycles. The number of allylic oxidation sites excluding steroid dienone is 2. The number of methoxy groups -OCH3 is 2. The number of alkyl halides is 6. The maximum Gasteiger partial charge on any atom is 0.598 e. The summed E-state index contributed by atoms with van der Waals surface area (Å²) in [6.07, 6.45) is 3.68. The Hall–Kier alpha value is -5.53. The Morgan fingerprint density at radius 1 is 0.597 bits per heavy atom. The summed E-state index contributed by atoms with van der Waals surface area (Å²) in [5.41, 5.74) is 7.61. The molecule has 5 aromatic rings. The highest BCUT2D eigenvalue weighted by Crippen LogP contribution is 2.40. The first-order valence-electron chi connectivity index (χ1n) is 20.1. The molecule has 1 aliphatic heterocycles. The first kappa shape index (κ1) is 46.0. The van der Waals surface area contributed by atoms with Crippen molar-refractivity contribution in [3.8, 4) is 33.9 Å². The lowest BCUT2D eigenvalue weighted by atomic mass is 9.86. The van der Waals surface area contributed by atoms with Crippen LogP contribution in [0, 0.1) is 0 Å². The van der Waals surface area contributed by atoms with Crippen LogP contribution >= 0.6 is 0 Å². The summed E-state index contributed by atoms with van der Waals surface area (Å²) in [4.78, 5) is 5.15. The molecule has 0 saturated carbocycles. The summed E-state index contributed by atoms with van der Waals surface area (Å²) < 4.78 is 109. The van der Waals surface area contributed by atoms with Crippen molar-refractivity contribution in [3.63, 3.8) is 0 Å². The quantitative estimate of drug-likeness (QED) is 0.0733. The third kappa shape index (κ3) is 10.7. The van der Waals surface area contributed by atoms with E-state index in [9.17, 15) is 26.3 Å². The molecule has 1 aromatic heterocycles. The molecule has 0 N–H and O–H groups in total. The number of ether oxygens (including phenoxy) is 2. The SMILES string of the molecule is COc1ccc(-c2cc(-c3ccc(OC)cc3)n(B(OCC(F)(F)CF)OCC(F)(F)CF)c2/C=C2\N=C(c3ccc(C(C)(C)C)cc3)C=C2c2ccc(C(C)(C)C)cc2)cc1. The lowest BCUT2D eigenvalue weighted by Crippen LogP contribution is -2.42. The van der Waals surface area contributed by atoms with Crippen molar-refractivity contribution in [2.75, 3.05) is 40.8 Å². The number of aromatic nitrogens is 1. The number of aliphatic imine (C=N–C) groups is 1. The number of halogens is 6. The molecule has 0 spiro atoms. The maximum absolute atomic E-state index is 14.6. The van der Waals surface area contributed by atoms with Crippen molar-refractivity contribution in [2.45, 2.75) is 64.2 Å².